The first-order valence-electron chi connectivity index (χ1n) is 6.30. The predicted octanol–water partition coefficient (Wildman–Crippen LogP) is -1.14. The van der Waals surface area contributed by atoms with Crippen molar-refractivity contribution < 1.29 is 20.1 Å². The third-order valence-corrected chi connectivity index (χ3v) is 3.69. The molecule has 0 bridgehead atoms. The van der Waals surface area contributed by atoms with Crippen LogP contribution in [0, 0.1) is 0 Å². The van der Waals surface area contributed by atoms with Crippen LogP contribution in [0.3, 0.4) is 0 Å². The first kappa shape index (κ1) is 12.1. The molecule has 0 unspecified atom stereocenters. The molecule has 2 aliphatic heterocycles. The fourth-order valence-corrected chi connectivity index (χ4v) is 2.46. The van der Waals surface area contributed by atoms with Gasteiger partial charge in [-0.3, -0.25) is 4.99 Å². The molecule has 1 aliphatic carbocycles. The van der Waals surface area contributed by atoms with Crippen LogP contribution in [0.25, 0.3) is 0 Å². The van der Waals surface area contributed by atoms with Gasteiger partial charge in [-0.1, -0.05) is 0 Å². The zero-order valence-corrected chi connectivity index (χ0v) is 10.0. The second-order valence-electron chi connectivity index (χ2n) is 5.09. The van der Waals surface area contributed by atoms with Crippen molar-refractivity contribution in [2.45, 2.75) is 43.3 Å². The van der Waals surface area contributed by atoms with Gasteiger partial charge in [0.2, 0.25) is 0 Å². The van der Waals surface area contributed by atoms with Crippen LogP contribution in [0.2, 0.25) is 0 Å². The van der Waals surface area contributed by atoms with Gasteiger partial charge in [-0.15, -0.1) is 0 Å². The summed E-state index contributed by atoms with van der Waals surface area (Å²) >= 11 is 0. The molecule has 6 heteroatoms. The Kier molecular flexibility index (Phi) is 3.11. The first-order chi connectivity index (χ1) is 8.70. The predicted molar refractivity (Wildman–Crippen MR) is 64.1 cm³/mol. The summed E-state index contributed by atoms with van der Waals surface area (Å²) in [5, 5.41) is 28.7. The summed E-state index contributed by atoms with van der Waals surface area (Å²) in [6.07, 6.45) is 2.58. The number of nitrogens with zero attached hydrogens (tertiary/aromatic N) is 2. The molecule has 1 saturated heterocycles. The normalized spacial score (nSPS) is 40.2. The number of rotatable bonds is 3. The fraction of sp³-hybridized carbons (Fsp3) is 0.750. The van der Waals surface area contributed by atoms with Crippen LogP contribution in [0.5, 0.6) is 0 Å². The van der Waals surface area contributed by atoms with Crippen molar-refractivity contribution >= 4 is 6.21 Å². The van der Waals surface area contributed by atoms with Crippen LogP contribution in [-0.2, 0) is 4.74 Å². The molecule has 6 nitrogen and oxygen atoms in total. The van der Waals surface area contributed by atoms with E-state index >= 15 is 0 Å². The molecule has 2 fully saturated rings. The Morgan fingerprint density at radius 1 is 1.33 bits per heavy atom. The Balaban J connectivity index is 1.75. The van der Waals surface area contributed by atoms with Crippen LogP contribution in [0.4, 0.5) is 0 Å². The molecule has 0 spiro atoms. The third-order valence-electron chi connectivity index (χ3n) is 3.69. The van der Waals surface area contributed by atoms with Crippen LogP contribution >= 0.6 is 0 Å². The highest BCUT2D eigenvalue weighted by molar-refractivity contribution is 5.80. The topological polar surface area (TPSA) is 85.5 Å². The molecule has 0 aromatic rings. The third kappa shape index (κ3) is 2.05. The van der Waals surface area contributed by atoms with E-state index in [1.807, 2.05) is 6.20 Å². The van der Waals surface area contributed by atoms with Crippen LogP contribution in [-0.4, -0.2) is 70.2 Å². The fourth-order valence-electron chi connectivity index (χ4n) is 2.46. The number of aliphatic imine (C=N–C) groups is 1. The number of aliphatic hydroxyl groups excluding tert-OH is 3. The molecule has 0 radical (unpaired) electrons. The quantitative estimate of drug-likeness (QED) is 0.592. The summed E-state index contributed by atoms with van der Waals surface area (Å²) in [4.78, 5) is 6.38. The van der Waals surface area contributed by atoms with Gasteiger partial charge < -0.3 is 25.0 Å². The van der Waals surface area contributed by atoms with E-state index in [9.17, 15) is 10.2 Å². The molecule has 1 saturated carbocycles. The van der Waals surface area contributed by atoms with E-state index < -0.39 is 24.4 Å². The van der Waals surface area contributed by atoms with Crippen LogP contribution in [0.1, 0.15) is 12.8 Å². The highest BCUT2D eigenvalue weighted by Crippen LogP contribution is 2.31. The van der Waals surface area contributed by atoms with Crippen molar-refractivity contribution in [3.63, 3.8) is 0 Å². The summed E-state index contributed by atoms with van der Waals surface area (Å²) in [5.41, 5.74) is 0.760. The van der Waals surface area contributed by atoms with Gasteiger partial charge in [0.15, 0.2) is 0 Å². The highest BCUT2D eigenvalue weighted by atomic mass is 16.6. The Hall–Kier alpha value is -0.950. The van der Waals surface area contributed by atoms with Crippen molar-refractivity contribution in [3.8, 4) is 0 Å². The van der Waals surface area contributed by atoms with E-state index in [-0.39, 0.29) is 6.61 Å². The molecule has 3 aliphatic rings. The van der Waals surface area contributed by atoms with Gasteiger partial charge >= 0.3 is 0 Å². The molecular formula is C12H18N2O4. The lowest BCUT2D eigenvalue weighted by Gasteiger charge is -2.25. The van der Waals surface area contributed by atoms with Crippen molar-refractivity contribution in [2.75, 3.05) is 13.3 Å². The zero-order valence-electron chi connectivity index (χ0n) is 10.0. The maximum Gasteiger partial charge on any atom is 0.114 e. The van der Waals surface area contributed by atoms with E-state index in [0.717, 1.165) is 5.57 Å². The van der Waals surface area contributed by atoms with Gasteiger partial charge in [0.25, 0.3) is 0 Å². The number of ether oxygens (including phenoxy) is 1. The lowest BCUT2D eigenvalue weighted by Crippen LogP contribution is -2.36. The largest absolute Gasteiger partial charge is 0.394 e. The zero-order chi connectivity index (χ0) is 12.7. The Bertz CT molecular complexity index is 380. The SMILES string of the molecule is OC[C@H]1O[C@@H](C2=CN(C3CC3)CN=C2)[C@H](O)[C@@H]1O. The van der Waals surface area contributed by atoms with Gasteiger partial charge in [0.05, 0.1) is 6.61 Å². The van der Waals surface area contributed by atoms with Crippen molar-refractivity contribution in [1.29, 1.82) is 0 Å². The van der Waals surface area contributed by atoms with Gasteiger partial charge in [0.1, 0.15) is 31.1 Å². The lowest BCUT2D eigenvalue weighted by molar-refractivity contribution is -0.0133. The monoisotopic (exact) mass is 254 g/mol. The average Bonchev–Trinajstić information content (AvgIpc) is 3.19. The average molecular weight is 254 g/mol. The minimum absolute atomic E-state index is 0.300. The second kappa shape index (κ2) is 4.62. The molecule has 0 aromatic carbocycles. The summed E-state index contributed by atoms with van der Waals surface area (Å²) in [6, 6.07) is 0.551. The number of aliphatic hydroxyl groups is 3. The summed E-state index contributed by atoms with van der Waals surface area (Å²) in [5.74, 6) is 0. The highest BCUT2D eigenvalue weighted by Gasteiger charge is 2.44. The van der Waals surface area contributed by atoms with E-state index in [1.165, 1.54) is 12.8 Å². The Labute approximate surface area is 105 Å². The van der Waals surface area contributed by atoms with Gasteiger partial charge in [0, 0.05) is 24.0 Å². The molecular weight excluding hydrogens is 236 g/mol. The second-order valence-corrected chi connectivity index (χ2v) is 5.09. The number of hydrogen-bond donors (Lipinski definition) is 3. The molecule has 2 heterocycles. The Morgan fingerprint density at radius 2 is 2.11 bits per heavy atom. The summed E-state index contributed by atoms with van der Waals surface area (Å²) < 4.78 is 5.49. The van der Waals surface area contributed by atoms with Crippen molar-refractivity contribution in [2.24, 2.45) is 4.99 Å². The lowest BCUT2D eigenvalue weighted by atomic mass is 10.0. The standard InChI is InChI=1S/C12H18N2O4/c15-5-9-10(16)11(17)12(18-9)7-3-13-6-14(4-7)8-1-2-8/h3-4,8-12,15-17H,1-2,5-6H2/t9-,10-,11-,12+/m1/s1. The Morgan fingerprint density at radius 3 is 2.72 bits per heavy atom. The first-order valence-corrected chi connectivity index (χ1v) is 6.30. The molecule has 18 heavy (non-hydrogen) atoms. The van der Waals surface area contributed by atoms with Crippen molar-refractivity contribution in [3.05, 3.63) is 11.8 Å². The minimum atomic E-state index is -1.05. The summed E-state index contributed by atoms with van der Waals surface area (Å²) in [7, 11) is 0. The van der Waals surface area contributed by atoms with E-state index in [0.29, 0.717) is 12.7 Å². The summed E-state index contributed by atoms with van der Waals surface area (Å²) in [6.45, 7) is 0.342. The molecule has 100 valence electrons. The van der Waals surface area contributed by atoms with Gasteiger partial charge in [-0.25, -0.2) is 0 Å². The van der Waals surface area contributed by atoms with Crippen molar-refractivity contribution in [1.82, 2.24) is 4.90 Å². The maximum atomic E-state index is 9.94. The van der Waals surface area contributed by atoms with E-state index in [4.69, 9.17) is 9.84 Å². The number of hydrogen-bond acceptors (Lipinski definition) is 6. The van der Waals surface area contributed by atoms with Gasteiger partial charge in [-0.05, 0) is 12.8 Å². The minimum Gasteiger partial charge on any atom is -0.394 e. The van der Waals surface area contributed by atoms with Crippen LogP contribution in [0.15, 0.2) is 16.8 Å². The smallest absolute Gasteiger partial charge is 0.114 e. The van der Waals surface area contributed by atoms with E-state index in [2.05, 4.69) is 9.89 Å². The molecule has 3 N–H and O–H groups in total. The molecule has 3 rings (SSSR count). The van der Waals surface area contributed by atoms with E-state index in [1.54, 1.807) is 6.21 Å². The van der Waals surface area contributed by atoms with Crippen LogP contribution < -0.4 is 0 Å². The maximum absolute atomic E-state index is 9.94. The van der Waals surface area contributed by atoms with Gasteiger partial charge in [-0.2, -0.15) is 0 Å². The molecule has 0 amide bonds. The molecule has 4 atom stereocenters. The molecule has 0 aromatic heterocycles.